The van der Waals surface area contributed by atoms with Gasteiger partial charge in [0.25, 0.3) is 0 Å². The lowest BCUT2D eigenvalue weighted by Gasteiger charge is -2.08. The number of rotatable bonds is 5. The molecule has 0 aliphatic rings. The van der Waals surface area contributed by atoms with Crippen molar-refractivity contribution >= 4 is 5.95 Å². The van der Waals surface area contributed by atoms with Crippen LogP contribution in [0.5, 0.6) is 0 Å². The van der Waals surface area contributed by atoms with Gasteiger partial charge < -0.3 is 14.5 Å². The van der Waals surface area contributed by atoms with E-state index in [1.807, 2.05) is 24.7 Å². The number of nitrogens with zero attached hydrogens (tertiary/aromatic N) is 5. The van der Waals surface area contributed by atoms with Gasteiger partial charge in [-0.15, -0.1) is 10.2 Å². The van der Waals surface area contributed by atoms with Crippen LogP contribution in [-0.2, 0) is 13.6 Å². The highest BCUT2D eigenvalue weighted by Crippen LogP contribution is 2.10. The van der Waals surface area contributed by atoms with Crippen molar-refractivity contribution < 1.29 is 0 Å². The minimum atomic E-state index is 0.684. The number of anilines is 1. The summed E-state index contributed by atoms with van der Waals surface area (Å²) in [5.41, 5.74) is 1.01. The second kappa shape index (κ2) is 4.99. The van der Waals surface area contributed by atoms with E-state index in [-0.39, 0.29) is 0 Å². The normalized spacial score (nSPS) is 10.8. The summed E-state index contributed by atoms with van der Waals surface area (Å²) in [5.74, 6) is 1.81. The van der Waals surface area contributed by atoms with E-state index in [2.05, 4.69) is 32.0 Å². The summed E-state index contributed by atoms with van der Waals surface area (Å²) in [6, 6.07) is 0. The third-order valence-corrected chi connectivity index (χ3v) is 2.55. The van der Waals surface area contributed by atoms with Crippen LogP contribution in [0.4, 0.5) is 5.95 Å². The molecule has 0 fully saturated rings. The predicted molar refractivity (Wildman–Crippen MR) is 65.8 cm³/mol. The lowest BCUT2D eigenvalue weighted by atomic mass is 10.5. The van der Waals surface area contributed by atoms with E-state index in [0.29, 0.717) is 6.54 Å². The van der Waals surface area contributed by atoms with Crippen LogP contribution in [0.2, 0.25) is 0 Å². The first-order valence-electron chi connectivity index (χ1n) is 5.81. The molecular formula is C11H18N6. The summed E-state index contributed by atoms with van der Waals surface area (Å²) >= 11 is 0. The maximum atomic E-state index is 4.45. The Morgan fingerprint density at radius 1 is 1.41 bits per heavy atom. The quantitative estimate of drug-likeness (QED) is 0.844. The summed E-state index contributed by atoms with van der Waals surface area (Å²) < 4.78 is 3.98. The Morgan fingerprint density at radius 2 is 2.24 bits per heavy atom. The van der Waals surface area contributed by atoms with Gasteiger partial charge in [0, 0.05) is 19.8 Å². The SMILES string of the molecule is CCCNc1nc(C)cn1Cc1nncn1C. The van der Waals surface area contributed by atoms with Crippen LogP contribution in [0.15, 0.2) is 12.5 Å². The third kappa shape index (κ3) is 2.64. The van der Waals surface area contributed by atoms with Crippen molar-refractivity contribution in [1.82, 2.24) is 24.3 Å². The maximum Gasteiger partial charge on any atom is 0.203 e. The van der Waals surface area contributed by atoms with Gasteiger partial charge in [-0.2, -0.15) is 0 Å². The van der Waals surface area contributed by atoms with E-state index in [1.54, 1.807) is 6.33 Å². The number of hydrogen-bond donors (Lipinski definition) is 1. The molecule has 0 saturated carbocycles. The van der Waals surface area contributed by atoms with E-state index < -0.39 is 0 Å². The molecule has 0 bridgehead atoms. The Balaban J connectivity index is 2.17. The van der Waals surface area contributed by atoms with Crippen molar-refractivity contribution in [3.63, 3.8) is 0 Å². The molecule has 0 saturated heterocycles. The van der Waals surface area contributed by atoms with Gasteiger partial charge in [-0.05, 0) is 13.3 Å². The smallest absolute Gasteiger partial charge is 0.203 e. The van der Waals surface area contributed by atoms with Crippen molar-refractivity contribution in [1.29, 1.82) is 0 Å². The fourth-order valence-electron chi connectivity index (χ4n) is 1.65. The molecule has 0 radical (unpaired) electrons. The second-order valence-corrected chi connectivity index (χ2v) is 4.12. The predicted octanol–water partition coefficient (Wildman–Crippen LogP) is 1.19. The molecule has 6 nitrogen and oxygen atoms in total. The summed E-state index contributed by atoms with van der Waals surface area (Å²) in [4.78, 5) is 4.45. The Bertz CT molecular complexity index is 484. The lowest BCUT2D eigenvalue weighted by Crippen LogP contribution is -2.11. The Hall–Kier alpha value is -1.85. The molecule has 0 aromatic carbocycles. The highest BCUT2D eigenvalue weighted by Gasteiger charge is 2.08. The van der Waals surface area contributed by atoms with E-state index in [9.17, 15) is 0 Å². The molecule has 2 rings (SSSR count). The van der Waals surface area contributed by atoms with Crippen molar-refractivity contribution in [3.05, 3.63) is 24.0 Å². The molecule has 0 spiro atoms. The summed E-state index contributed by atoms with van der Waals surface area (Å²) in [6.07, 6.45) is 4.81. The van der Waals surface area contributed by atoms with Crippen LogP contribution in [0.1, 0.15) is 24.9 Å². The van der Waals surface area contributed by atoms with Crippen LogP contribution in [0.3, 0.4) is 0 Å². The first kappa shape index (κ1) is 11.6. The van der Waals surface area contributed by atoms with Crippen molar-refractivity contribution in [2.24, 2.45) is 7.05 Å². The molecule has 0 unspecified atom stereocenters. The maximum absolute atomic E-state index is 4.45. The van der Waals surface area contributed by atoms with Crippen LogP contribution < -0.4 is 5.32 Å². The van der Waals surface area contributed by atoms with E-state index in [1.165, 1.54) is 0 Å². The van der Waals surface area contributed by atoms with Crippen molar-refractivity contribution in [2.75, 3.05) is 11.9 Å². The van der Waals surface area contributed by atoms with Crippen LogP contribution >= 0.6 is 0 Å². The molecule has 17 heavy (non-hydrogen) atoms. The molecule has 92 valence electrons. The molecule has 2 heterocycles. The fraction of sp³-hybridized carbons (Fsp3) is 0.545. The number of nitrogens with one attached hydrogen (secondary N) is 1. The lowest BCUT2D eigenvalue weighted by molar-refractivity contribution is 0.698. The number of imidazole rings is 1. The first-order valence-corrected chi connectivity index (χ1v) is 5.81. The zero-order valence-corrected chi connectivity index (χ0v) is 10.5. The summed E-state index contributed by atoms with van der Waals surface area (Å²) in [7, 11) is 1.94. The highest BCUT2D eigenvalue weighted by atomic mass is 15.3. The topological polar surface area (TPSA) is 60.6 Å². The van der Waals surface area contributed by atoms with E-state index in [0.717, 1.165) is 30.4 Å². The van der Waals surface area contributed by atoms with Gasteiger partial charge in [-0.25, -0.2) is 4.98 Å². The van der Waals surface area contributed by atoms with Crippen LogP contribution in [0, 0.1) is 6.92 Å². The van der Waals surface area contributed by atoms with Gasteiger partial charge in [0.1, 0.15) is 6.33 Å². The molecule has 0 atom stereocenters. The average Bonchev–Trinajstić information content (AvgIpc) is 2.84. The van der Waals surface area contributed by atoms with Gasteiger partial charge in [0.15, 0.2) is 5.82 Å². The second-order valence-electron chi connectivity index (χ2n) is 4.12. The van der Waals surface area contributed by atoms with Crippen molar-refractivity contribution in [2.45, 2.75) is 26.8 Å². The van der Waals surface area contributed by atoms with Gasteiger partial charge in [-0.3, -0.25) is 0 Å². The third-order valence-electron chi connectivity index (χ3n) is 2.55. The zero-order valence-electron chi connectivity index (χ0n) is 10.5. The van der Waals surface area contributed by atoms with Crippen LogP contribution in [-0.4, -0.2) is 30.9 Å². The molecule has 6 heteroatoms. The monoisotopic (exact) mass is 234 g/mol. The molecule has 0 aliphatic heterocycles. The van der Waals surface area contributed by atoms with Gasteiger partial charge in [0.2, 0.25) is 5.95 Å². The molecule has 1 N–H and O–H groups in total. The van der Waals surface area contributed by atoms with Gasteiger partial charge >= 0.3 is 0 Å². The average molecular weight is 234 g/mol. The number of aryl methyl sites for hydroxylation is 2. The molecular weight excluding hydrogens is 216 g/mol. The Labute approximate surface area is 101 Å². The van der Waals surface area contributed by atoms with E-state index >= 15 is 0 Å². The Morgan fingerprint density at radius 3 is 2.88 bits per heavy atom. The minimum absolute atomic E-state index is 0.684. The van der Waals surface area contributed by atoms with Gasteiger partial charge in [0.05, 0.1) is 12.2 Å². The van der Waals surface area contributed by atoms with E-state index in [4.69, 9.17) is 0 Å². The first-order chi connectivity index (χ1) is 8.20. The number of aromatic nitrogens is 5. The van der Waals surface area contributed by atoms with Crippen molar-refractivity contribution in [3.8, 4) is 0 Å². The highest BCUT2D eigenvalue weighted by molar-refractivity contribution is 5.29. The summed E-state index contributed by atoms with van der Waals surface area (Å²) in [6.45, 7) is 5.73. The van der Waals surface area contributed by atoms with Gasteiger partial charge in [-0.1, -0.05) is 6.92 Å². The minimum Gasteiger partial charge on any atom is -0.356 e. The molecule has 0 amide bonds. The standard InChI is InChI=1S/C11H18N6/c1-4-5-12-11-14-9(2)6-17(11)7-10-15-13-8-16(10)3/h6,8H,4-5,7H2,1-3H3,(H,12,14). The largest absolute Gasteiger partial charge is 0.356 e. The molecule has 0 aliphatic carbocycles. The molecule has 2 aromatic heterocycles. The molecule has 2 aromatic rings. The number of hydrogen-bond acceptors (Lipinski definition) is 4. The summed E-state index contributed by atoms with van der Waals surface area (Å²) in [5, 5.41) is 11.3. The fourth-order valence-corrected chi connectivity index (χ4v) is 1.65. The van der Waals surface area contributed by atoms with Crippen LogP contribution in [0.25, 0.3) is 0 Å². The Kier molecular flexibility index (Phi) is 3.41. The zero-order chi connectivity index (χ0) is 12.3.